The highest BCUT2D eigenvalue weighted by Crippen LogP contribution is 2.32. The van der Waals surface area contributed by atoms with Gasteiger partial charge in [-0.3, -0.25) is 4.79 Å². The Bertz CT molecular complexity index is 1230. The van der Waals surface area contributed by atoms with Gasteiger partial charge in [0.1, 0.15) is 5.75 Å². The first-order valence-corrected chi connectivity index (χ1v) is 11.8. The predicted octanol–water partition coefficient (Wildman–Crippen LogP) is 2.70. The van der Waals surface area contributed by atoms with Crippen LogP contribution in [0.1, 0.15) is 39.5 Å². The van der Waals surface area contributed by atoms with Crippen molar-refractivity contribution in [2.75, 3.05) is 19.0 Å². The van der Waals surface area contributed by atoms with Crippen LogP contribution in [0.15, 0.2) is 59.6 Å². The van der Waals surface area contributed by atoms with Crippen LogP contribution < -0.4 is 15.2 Å². The summed E-state index contributed by atoms with van der Waals surface area (Å²) in [6, 6.07) is 14.2. The average Bonchev–Trinajstić information content (AvgIpc) is 2.78. The Kier molecular flexibility index (Phi) is 6.20. The van der Waals surface area contributed by atoms with E-state index in [1.807, 2.05) is 24.3 Å². The molecule has 8 nitrogen and oxygen atoms in total. The second-order valence-corrected chi connectivity index (χ2v) is 9.28. The third-order valence-electron chi connectivity index (χ3n) is 5.58. The van der Waals surface area contributed by atoms with Crippen LogP contribution in [-0.4, -0.2) is 37.8 Å². The molecule has 1 aromatic heterocycles. The highest BCUT2D eigenvalue weighted by atomic mass is 32.2. The Hall–Kier alpha value is -3.30. The number of anilines is 1. The van der Waals surface area contributed by atoms with Gasteiger partial charge in [-0.15, -0.1) is 0 Å². The number of primary sulfonamides is 1. The minimum atomic E-state index is -3.69. The van der Waals surface area contributed by atoms with Gasteiger partial charge in [0, 0.05) is 19.2 Å². The van der Waals surface area contributed by atoms with E-state index in [1.54, 1.807) is 25.4 Å². The summed E-state index contributed by atoms with van der Waals surface area (Å²) in [5.74, 6) is 1.37. The van der Waals surface area contributed by atoms with E-state index in [1.165, 1.54) is 12.1 Å². The SMILES string of the molecule is COc1ccc([C@@H]2CC(=O)c3cnc(NCCc4ccc(S(N)(=O)=O)cc4)nc3C2)cc1. The van der Waals surface area contributed by atoms with Crippen LogP contribution in [0.5, 0.6) is 5.75 Å². The first kappa shape index (κ1) is 21.9. The van der Waals surface area contributed by atoms with Gasteiger partial charge >= 0.3 is 0 Å². The van der Waals surface area contributed by atoms with Crippen molar-refractivity contribution in [2.45, 2.75) is 30.1 Å². The number of rotatable bonds is 7. The zero-order valence-corrected chi connectivity index (χ0v) is 18.4. The van der Waals surface area contributed by atoms with Crippen molar-refractivity contribution < 1.29 is 17.9 Å². The van der Waals surface area contributed by atoms with E-state index in [2.05, 4.69) is 15.3 Å². The number of fused-ring (bicyclic) bond motifs is 1. The Balaban J connectivity index is 1.41. The molecule has 3 aromatic rings. The molecule has 9 heteroatoms. The number of benzene rings is 2. The molecule has 0 unspecified atom stereocenters. The number of hydrogen-bond acceptors (Lipinski definition) is 7. The van der Waals surface area contributed by atoms with Crippen molar-refractivity contribution in [2.24, 2.45) is 5.14 Å². The van der Waals surface area contributed by atoms with Gasteiger partial charge in [0.05, 0.1) is 23.3 Å². The zero-order chi connectivity index (χ0) is 22.7. The highest BCUT2D eigenvalue weighted by molar-refractivity contribution is 7.89. The topological polar surface area (TPSA) is 124 Å². The van der Waals surface area contributed by atoms with Crippen molar-refractivity contribution in [3.63, 3.8) is 0 Å². The lowest BCUT2D eigenvalue weighted by Gasteiger charge is -2.23. The van der Waals surface area contributed by atoms with Crippen LogP contribution in [0.2, 0.25) is 0 Å². The van der Waals surface area contributed by atoms with Crippen LogP contribution in [0.25, 0.3) is 0 Å². The number of sulfonamides is 1. The molecule has 2 aromatic carbocycles. The minimum Gasteiger partial charge on any atom is -0.497 e. The van der Waals surface area contributed by atoms with Gasteiger partial charge in [0.2, 0.25) is 16.0 Å². The number of nitrogens with zero attached hydrogens (tertiary/aromatic N) is 2. The molecule has 4 rings (SSSR count). The maximum Gasteiger partial charge on any atom is 0.238 e. The van der Waals surface area contributed by atoms with Gasteiger partial charge in [-0.25, -0.2) is 23.5 Å². The molecular weight excluding hydrogens is 428 g/mol. The summed E-state index contributed by atoms with van der Waals surface area (Å²) < 4.78 is 27.9. The number of hydrogen-bond donors (Lipinski definition) is 2. The Labute approximate surface area is 186 Å². The molecule has 3 N–H and O–H groups in total. The van der Waals surface area contributed by atoms with Crippen molar-refractivity contribution >= 4 is 21.8 Å². The van der Waals surface area contributed by atoms with Gasteiger partial charge in [-0.05, 0) is 54.2 Å². The second kappa shape index (κ2) is 9.05. The number of nitrogens with one attached hydrogen (secondary N) is 1. The predicted molar refractivity (Wildman–Crippen MR) is 120 cm³/mol. The van der Waals surface area contributed by atoms with E-state index in [4.69, 9.17) is 9.88 Å². The first-order valence-electron chi connectivity index (χ1n) is 10.2. The van der Waals surface area contributed by atoms with E-state index in [-0.39, 0.29) is 16.6 Å². The number of carbonyl (C=O) groups excluding carboxylic acids is 1. The van der Waals surface area contributed by atoms with Crippen LogP contribution in [-0.2, 0) is 22.9 Å². The summed E-state index contributed by atoms with van der Waals surface area (Å²) >= 11 is 0. The summed E-state index contributed by atoms with van der Waals surface area (Å²) in [5, 5.41) is 8.30. The molecule has 0 bridgehead atoms. The van der Waals surface area contributed by atoms with Gasteiger partial charge in [-0.2, -0.15) is 0 Å². The fourth-order valence-electron chi connectivity index (χ4n) is 3.81. The number of aromatic nitrogens is 2. The molecule has 0 saturated carbocycles. The van der Waals surface area contributed by atoms with E-state index in [9.17, 15) is 13.2 Å². The molecule has 1 atom stereocenters. The molecule has 0 amide bonds. The summed E-state index contributed by atoms with van der Waals surface area (Å²) in [4.78, 5) is 21.6. The second-order valence-electron chi connectivity index (χ2n) is 7.72. The van der Waals surface area contributed by atoms with Crippen LogP contribution in [0.4, 0.5) is 5.95 Å². The van der Waals surface area contributed by atoms with Crippen molar-refractivity contribution in [3.05, 3.63) is 77.1 Å². The van der Waals surface area contributed by atoms with Crippen molar-refractivity contribution in [3.8, 4) is 5.75 Å². The summed E-state index contributed by atoms with van der Waals surface area (Å²) in [6.07, 6.45) is 3.35. The third-order valence-corrected chi connectivity index (χ3v) is 6.50. The molecule has 0 radical (unpaired) electrons. The first-order chi connectivity index (χ1) is 15.3. The number of ether oxygens (including phenoxy) is 1. The van der Waals surface area contributed by atoms with E-state index >= 15 is 0 Å². The number of Topliss-reactive ketones (excluding diaryl/α,β-unsaturated/α-hetero) is 1. The number of carbonyl (C=O) groups is 1. The fourth-order valence-corrected chi connectivity index (χ4v) is 4.32. The van der Waals surface area contributed by atoms with Gasteiger partial charge in [0.25, 0.3) is 0 Å². The molecule has 0 fully saturated rings. The Morgan fingerprint density at radius 2 is 1.81 bits per heavy atom. The number of ketones is 1. The lowest BCUT2D eigenvalue weighted by Crippen LogP contribution is -2.21. The molecule has 32 heavy (non-hydrogen) atoms. The lowest BCUT2D eigenvalue weighted by molar-refractivity contribution is 0.0962. The molecule has 0 spiro atoms. The zero-order valence-electron chi connectivity index (χ0n) is 17.6. The van der Waals surface area contributed by atoms with Crippen molar-refractivity contribution in [1.29, 1.82) is 0 Å². The molecule has 0 saturated heterocycles. The third kappa shape index (κ3) is 4.95. The smallest absolute Gasteiger partial charge is 0.238 e. The van der Waals surface area contributed by atoms with E-state index < -0.39 is 10.0 Å². The Morgan fingerprint density at radius 3 is 2.47 bits per heavy atom. The number of nitrogens with two attached hydrogens (primary N) is 1. The summed E-state index contributed by atoms with van der Waals surface area (Å²) in [6.45, 7) is 0.559. The van der Waals surface area contributed by atoms with Crippen LogP contribution in [0, 0.1) is 0 Å². The van der Waals surface area contributed by atoms with Crippen molar-refractivity contribution in [1.82, 2.24) is 9.97 Å². The number of methoxy groups -OCH3 is 1. The maximum atomic E-state index is 12.6. The minimum absolute atomic E-state index is 0.0496. The average molecular weight is 453 g/mol. The van der Waals surface area contributed by atoms with Crippen LogP contribution >= 0.6 is 0 Å². The van der Waals surface area contributed by atoms with Gasteiger partial charge in [0.15, 0.2) is 5.78 Å². The summed E-state index contributed by atoms with van der Waals surface area (Å²) in [7, 11) is -2.07. The van der Waals surface area contributed by atoms with Crippen LogP contribution in [0.3, 0.4) is 0 Å². The maximum absolute atomic E-state index is 12.6. The molecule has 1 aliphatic rings. The lowest BCUT2D eigenvalue weighted by atomic mass is 9.82. The fraction of sp³-hybridized carbons (Fsp3) is 0.261. The van der Waals surface area contributed by atoms with E-state index in [0.717, 1.165) is 22.6 Å². The molecule has 1 heterocycles. The quantitative estimate of drug-likeness (QED) is 0.565. The molecule has 166 valence electrons. The summed E-state index contributed by atoms with van der Waals surface area (Å²) in [5.41, 5.74) is 3.37. The standard InChI is InChI=1S/C23H24N4O4S/c1-31-18-6-4-16(5-7-18)17-12-21-20(22(28)13-17)14-26-23(27-21)25-11-10-15-2-8-19(9-3-15)32(24,29)30/h2-9,14,17H,10-13H2,1H3,(H2,24,29,30)(H,25,26,27)/t17-/m0/s1. The molecule has 0 aliphatic heterocycles. The monoisotopic (exact) mass is 452 g/mol. The Morgan fingerprint density at radius 1 is 1.09 bits per heavy atom. The van der Waals surface area contributed by atoms with Gasteiger partial charge < -0.3 is 10.1 Å². The largest absolute Gasteiger partial charge is 0.497 e. The van der Waals surface area contributed by atoms with E-state index in [0.29, 0.717) is 37.3 Å². The molecular formula is C23H24N4O4S. The highest BCUT2D eigenvalue weighted by Gasteiger charge is 2.28. The normalized spacial score (nSPS) is 15.8. The molecule has 1 aliphatic carbocycles. The van der Waals surface area contributed by atoms with Gasteiger partial charge in [-0.1, -0.05) is 24.3 Å².